The Kier molecular flexibility index (Phi) is 6.81. The fourth-order valence-electron chi connectivity index (χ4n) is 8.19. The molecule has 2 heteroatoms. The van der Waals surface area contributed by atoms with Gasteiger partial charge in [-0.25, -0.2) is 0 Å². The quantitative estimate of drug-likeness (QED) is 0.174. The van der Waals surface area contributed by atoms with Crippen LogP contribution in [0.15, 0.2) is 133 Å². The first-order valence-corrected chi connectivity index (χ1v) is 15.7. The predicted octanol–water partition coefficient (Wildman–Crippen LogP) is 10.1. The normalized spacial score (nSPS) is 20.1. The summed E-state index contributed by atoms with van der Waals surface area (Å²) in [5, 5.41) is 5.42. The van der Waals surface area contributed by atoms with E-state index in [0.717, 1.165) is 0 Å². The highest BCUT2D eigenvalue weighted by Gasteiger charge is 2.48. The van der Waals surface area contributed by atoms with Crippen LogP contribution in [-0.4, -0.2) is 24.4 Å². The highest BCUT2D eigenvalue weighted by atomic mass is 15.2. The van der Waals surface area contributed by atoms with Crippen molar-refractivity contribution in [3.8, 4) is 0 Å². The average molecular weight is 562 g/mol. The molecule has 0 radical (unpaired) electrons. The third-order valence-electron chi connectivity index (χ3n) is 10.1. The maximum atomic E-state index is 2.44. The fraction of sp³-hybridized carbons (Fsp3) is 0.244. The minimum atomic E-state index is -0.0581. The van der Waals surface area contributed by atoms with Crippen molar-refractivity contribution < 1.29 is 4.58 Å². The van der Waals surface area contributed by atoms with Crippen molar-refractivity contribution >= 4 is 38.6 Å². The first-order valence-electron chi connectivity index (χ1n) is 15.7. The Hall–Kier alpha value is -4.43. The van der Waals surface area contributed by atoms with E-state index < -0.39 is 0 Å². The van der Waals surface area contributed by atoms with Gasteiger partial charge in [0, 0.05) is 41.6 Å². The van der Waals surface area contributed by atoms with Crippen LogP contribution in [0, 0.1) is 0 Å². The van der Waals surface area contributed by atoms with Gasteiger partial charge in [-0.3, -0.25) is 0 Å². The van der Waals surface area contributed by atoms with Gasteiger partial charge < -0.3 is 4.90 Å². The zero-order valence-corrected chi connectivity index (χ0v) is 25.8. The molecule has 43 heavy (non-hydrogen) atoms. The molecule has 1 saturated carbocycles. The van der Waals surface area contributed by atoms with Gasteiger partial charge in [0.2, 0.25) is 5.69 Å². The second-order valence-electron chi connectivity index (χ2n) is 12.8. The molecule has 7 rings (SSSR count). The van der Waals surface area contributed by atoms with Gasteiger partial charge in [0.25, 0.3) is 0 Å². The predicted molar refractivity (Wildman–Crippen MR) is 185 cm³/mol. The lowest BCUT2D eigenvalue weighted by Gasteiger charge is -2.28. The van der Waals surface area contributed by atoms with E-state index in [0.29, 0.717) is 0 Å². The molecule has 0 atom stereocenters. The van der Waals surface area contributed by atoms with Crippen LogP contribution in [-0.2, 0) is 10.8 Å². The van der Waals surface area contributed by atoms with Gasteiger partial charge >= 0.3 is 0 Å². The Morgan fingerprint density at radius 1 is 0.674 bits per heavy atom. The van der Waals surface area contributed by atoms with Crippen LogP contribution >= 0.6 is 0 Å². The van der Waals surface area contributed by atoms with Crippen molar-refractivity contribution in [2.75, 3.05) is 19.0 Å². The molecule has 214 valence electrons. The number of benzene rings is 4. The van der Waals surface area contributed by atoms with Crippen molar-refractivity contribution in [1.29, 1.82) is 0 Å². The lowest BCUT2D eigenvalue weighted by atomic mass is 9.76. The van der Waals surface area contributed by atoms with Gasteiger partial charge in [-0.1, -0.05) is 110 Å². The van der Waals surface area contributed by atoms with Crippen LogP contribution in [0.3, 0.4) is 0 Å². The zero-order chi connectivity index (χ0) is 29.6. The molecule has 0 saturated heterocycles. The number of nitrogens with zero attached hydrogens (tertiary/aromatic N) is 2. The molecule has 4 aromatic carbocycles. The molecule has 0 bridgehead atoms. The highest BCUT2D eigenvalue weighted by Crippen LogP contribution is 2.57. The minimum absolute atomic E-state index is 0.0581. The largest absolute Gasteiger partial charge is 0.347 e. The summed E-state index contributed by atoms with van der Waals surface area (Å²) in [6, 6.07) is 26.7. The minimum Gasteiger partial charge on any atom is -0.347 e. The second-order valence-corrected chi connectivity index (χ2v) is 12.8. The van der Waals surface area contributed by atoms with Crippen molar-refractivity contribution in [1.82, 2.24) is 0 Å². The lowest BCUT2D eigenvalue weighted by Crippen LogP contribution is -2.26. The van der Waals surface area contributed by atoms with E-state index in [1.165, 1.54) is 75.6 Å². The summed E-state index contributed by atoms with van der Waals surface area (Å²) in [5.41, 5.74) is 8.46. The molecule has 0 aromatic heterocycles. The number of likely N-dealkylation sites (N-methyl/N-ethyl adjacent to an activating group) is 1. The molecule has 1 aliphatic carbocycles. The Morgan fingerprint density at radius 3 is 1.95 bits per heavy atom. The molecule has 2 heterocycles. The van der Waals surface area contributed by atoms with Crippen LogP contribution in [0.25, 0.3) is 21.5 Å². The van der Waals surface area contributed by atoms with Gasteiger partial charge in [0.1, 0.15) is 7.05 Å². The monoisotopic (exact) mass is 561 g/mol. The number of anilines is 1. The fourth-order valence-corrected chi connectivity index (χ4v) is 8.19. The van der Waals surface area contributed by atoms with E-state index in [4.69, 9.17) is 0 Å². The summed E-state index contributed by atoms with van der Waals surface area (Å²) in [6.45, 7) is 4.67. The highest BCUT2D eigenvalue weighted by molar-refractivity contribution is 6.07. The van der Waals surface area contributed by atoms with Crippen molar-refractivity contribution in [2.45, 2.75) is 50.4 Å². The molecule has 3 aliphatic rings. The van der Waals surface area contributed by atoms with Crippen LogP contribution in [0.2, 0.25) is 0 Å². The summed E-state index contributed by atoms with van der Waals surface area (Å²) < 4.78 is 2.34. The first kappa shape index (κ1) is 27.4. The molecule has 4 aromatic rings. The lowest BCUT2D eigenvalue weighted by molar-refractivity contribution is -0.401. The summed E-state index contributed by atoms with van der Waals surface area (Å²) >= 11 is 0. The number of allylic oxidation sites excluding steroid dienone is 10. The molecule has 2 nitrogen and oxygen atoms in total. The summed E-state index contributed by atoms with van der Waals surface area (Å²) in [7, 11) is 4.43. The van der Waals surface area contributed by atoms with Crippen LogP contribution < -0.4 is 4.90 Å². The molecule has 0 amide bonds. The molecule has 0 N–H and O–H groups in total. The Balaban J connectivity index is 1.06. The van der Waals surface area contributed by atoms with Crippen molar-refractivity contribution in [3.05, 3.63) is 144 Å². The van der Waals surface area contributed by atoms with Crippen molar-refractivity contribution in [2.24, 2.45) is 0 Å². The topological polar surface area (TPSA) is 6.25 Å². The van der Waals surface area contributed by atoms with Crippen molar-refractivity contribution in [3.63, 3.8) is 0 Å². The molecule has 2 aliphatic heterocycles. The summed E-state index contributed by atoms with van der Waals surface area (Å²) in [5.74, 6) is 0. The van der Waals surface area contributed by atoms with Gasteiger partial charge in [0.15, 0.2) is 5.71 Å². The molecule has 1 fully saturated rings. The maximum absolute atomic E-state index is 2.44. The Morgan fingerprint density at radius 2 is 1.26 bits per heavy atom. The van der Waals surface area contributed by atoms with E-state index in [2.05, 4.69) is 165 Å². The summed E-state index contributed by atoms with van der Waals surface area (Å²) in [6.07, 6.45) is 24.7. The van der Waals surface area contributed by atoms with Gasteiger partial charge in [-0.05, 0) is 72.0 Å². The second kappa shape index (κ2) is 10.7. The van der Waals surface area contributed by atoms with Crippen LogP contribution in [0.4, 0.5) is 11.4 Å². The number of rotatable bonds is 5. The number of hydrogen-bond donors (Lipinski definition) is 0. The van der Waals surface area contributed by atoms with E-state index in [1.54, 1.807) is 5.56 Å². The van der Waals surface area contributed by atoms with Gasteiger partial charge in [-0.15, -0.1) is 0 Å². The average Bonchev–Trinajstić information content (AvgIpc) is 3.65. The molecule has 0 unspecified atom stereocenters. The molecular formula is C41H41N2+. The third-order valence-corrected chi connectivity index (χ3v) is 10.1. The zero-order valence-electron chi connectivity index (χ0n) is 25.8. The SMILES string of the molecule is CN1C(=CC=CC=CC=CC=CC2=[N+](C)c3ccc4ccccc4c3C2(C)C)C2(CCCC2)c2c1ccc1ccccc21. The molecular weight excluding hydrogens is 520 g/mol. The number of fused-ring (bicyclic) bond motifs is 7. The maximum Gasteiger partial charge on any atom is 0.210 e. The van der Waals surface area contributed by atoms with E-state index in [9.17, 15) is 0 Å². The van der Waals surface area contributed by atoms with Gasteiger partial charge in [-0.2, -0.15) is 4.58 Å². The standard InChI is InChI=1S/C41H41N2/c1-40(2)36(42(3)34-26-24-30-18-12-14-20-32(30)38(34)40)22-10-8-6-5-7-9-11-23-37-41(28-16-17-29-41)39-33-21-15-13-19-31(33)25-27-35(39)43(37)4/h5-15,18-27H,16-17,28-29H2,1-4H3/q+1. The van der Waals surface area contributed by atoms with Gasteiger partial charge in [0.05, 0.1) is 5.41 Å². The molecule has 1 spiro atoms. The van der Waals surface area contributed by atoms with Crippen LogP contribution in [0.1, 0.15) is 50.7 Å². The van der Waals surface area contributed by atoms with E-state index in [1.807, 2.05) is 0 Å². The van der Waals surface area contributed by atoms with Crippen LogP contribution in [0.5, 0.6) is 0 Å². The number of hydrogen-bond acceptors (Lipinski definition) is 1. The van der Waals surface area contributed by atoms with E-state index >= 15 is 0 Å². The Bertz CT molecular complexity index is 1920. The first-order chi connectivity index (χ1) is 20.9. The smallest absolute Gasteiger partial charge is 0.210 e. The van der Waals surface area contributed by atoms with E-state index in [-0.39, 0.29) is 10.8 Å². The summed E-state index contributed by atoms with van der Waals surface area (Å²) in [4.78, 5) is 2.44. The Labute approximate surface area is 256 Å². The third kappa shape index (κ3) is 4.35.